The van der Waals surface area contributed by atoms with Crippen LogP contribution >= 0.6 is 0 Å². The van der Waals surface area contributed by atoms with E-state index in [4.69, 9.17) is 4.74 Å². The first-order valence-corrected chi connectivity index (χ1v) is 7.51. The normalized spacial score (nSPS) is 8.87. The van der Waals surface area contributed by atoms with Crippen LogP contribution in [0, 0.1) is 0 Å². The Labute approximate surface area is 139 Å². The summed E-state index contributed by atoms with van der Waals surface area (Å²) in [5, 5.41) is 0. The van der Waals surface area contributed by atoms with Gasteiger partial charge in [-0.05, 0) is 38.8 Å². The molecule has 0 saturated heterocycles. The number of ether oxygens (including phenoxy) is 1. The molecule has 3 heteroatoms. The Morgan fingerprint density at radius 3 is 1.17 bits per heavy atom. The predicted octanol–water partition coefficient (Wildman–Crippen LogP) is 4.59. The van der Waals surface area contributed by atoms with Gasteiger partial charge in [0.2, 0.25) is 0 Å². The van der Waals surface area contributed by atoms with Gasteiger partial charge in [0.05, 0.1) is 13.2 Å². The van der Waals surface area contributed by atoms with Crippen molar-refractivity contribution in [1.29, 1.82) is 0 Å². The molecule has 0 fully saturated rings. The van der Waals surface area contributed by atoms with Crippen LogP contribution in [0.2, 0.25) is 0 Å². The number of Topliss-reactive ketones (excluding diaryl/α,β-unsaturated/α-hetero) is 2. The SMILES string of the molecule is CC(C)=O.CC(C)=O.c1ccc(COCc2ccccc2)cc1. The van der Waals surface area contributed by atoms with E-state index in [0.717, 1.165) is 0 Å². The molecule has 0 radical (unpaired) electrons. The molecule has 0 heterocycles. The molecule has 2 aromatic carbocycles. The lowest BCUT2D eigenvalue weighted by molar-refractivity contribution is -0.115. The zero-order chi connectivity index (χ0) is 17.5. The molecule has 3 nitrogen and oxygen atoms in total. The third kappa shape index (κ3) is 15.9. The Morgan fingerprint density at radius 1 is 0.652 bits per heavy atom. The number of ketones is 2. The predicted molar refractivity (Wildman–Crippen MR) is 94.1 cm³/mol. The molecule has 0 N–H and O–H groups in total. The number of carbonyl (C=O) groups excluding carboxylic acids is 2. The molecule has 0 saturated carbocycles. The van der Waals surface area contributed by atoms with Gasteiger partial charge < -0.3 is 14.3 Å². The summed E-state index contributed by atoms with van der Waals surface area (Å²) in [5.74, 6) is 0.333. The fourth-order valence-corrected chi connectivity index (χ4v) is 1.44. The Morgan fingerprint density at radius 2 is 0.913 bits per heavy atom. The van der Waals surface area contributed by atoms with Crippen LogP contribution in [0.3, 0.4) is 0 Å². The first-order chi connectivity index (χ1) is 10.9. The zero-order valence-corrected chi connectivity index (χ0v) is 14.4. The number of carbonyl (C=O) groups is 2. The highest BCUT2D eigenvalue weighted by Gasteiger charge is 1.93. The van der Waals surface area contributed by atoms with Crippen molar-refractivity contribution in [3.8, 4) is 0 Å². The van der Waals surface area contributed by atoms with E-state index in [1.54, 1.807) is 0 Å². The van der Waals surface area contributed by atoms with Crippen molar-refractivity contribution in [3.05, 3.63) is 71.8 Å². The highest BCUT2D eigenvalue weighted by atomic mass is 16.5. The number of benzene rings is 2. The highest BCUT2D eigenvalue weighted by Crippen LogP contribution is 2.05. The Balaban J connectivity index is 0.000000509. The fraction of sp³-hybridized carbons (Fsp3) is 0.300. The van der Waals surface area contributed by atoms with Crippen LogP contribution in [0.5, 0.6) is 0 Å². The van der Waals surface area contributed by atoms with E-state index in [9.17, 15) is 9.59 Å². The molecule has 0 aliphatic carbocycles. The minimum absolute atomic E-state index is 0.167. The van der Waals surface area contributed by atoms with Crippen LogP contribution in [-0.2, 0) is 27.5 Å². The summed E-state index contributed by atoms with van der Waals surface area (Å²) in [6, 6.07) is 20.4. The van der Waals surface area contributed by atoms with Gasteiger partial charge in [0, 0.05) is 0 Å². The molecular formula is C20H26O3. The van der Waals surface area contributed by atoms with Gasteiger partial charge in [-0.2, -0.15) is 0 Å². The molecule has 0 aliphatic rings. The molecule has 0 spiro atoms. The van der Waals surface area contributed by atoms with Crippen molar-refractivity contribution >= 4 is 11.6 Å². The second-order valence-corrected chi connectivity index (χ2v) is 5.28. The van der Waals surface area contributed by atoms with Crippen molar-refractivity contribution < 1.29 is 14.3 Å². The van der Waals surface area contributed by atoms with Gasteiger partial charge in [-0.15, -0.1) is 0 Å². The van der Waals surface area contributed by atoms with Crippen LogP contribution in [0.1, 0.15) is 38.8 Å². The standard InChI is InChI=1S/C14H14O.2C3H6O/c1-3-7-13(8-4-1)11-15-12-14-9-5-2-6-10-14;2*1-3(2)4/h1-10H,11-12H2;2*1-2H3. The molecule has 0 bridgehead atoms. The van der Waals surface area contributed by atoms with Crippen molar-refractivity contribution in [2.24, 2.45) is 0 Å². The van der Waals surface area contributed by atoms with E-state index in [1.807, 2.05) is 36.4 Å². The van der Waals surface area contributed by atoms with Crippen molar-refractivity contribution in [3.63, 3.8) is 0 Å². The Bertz CT molecular complexity index is 488. The van der Waals surface area contributed by atoms with Crippen LogP contribution in [0.4, 0.5) is 0 Å². The average Bonchev–Trinajstić information content (AvgIpc) is 2.48. The minimum Gasteiger partial charge on any atom is -0.372 e. The third-order valence-corrected chi connectivity index (χ3v) is 2.22. The second-order valence-electron chi connectivity index (χ2n) is 5.28. The molecule has 2 rings (SSSR count). The first-order valence-electron chi connectivity index (χ1n) is 7.51. The third-order valence-electron chi connectivity index (χ3n) is 2.22. The summed E-state index contributed by atoms with van der Waals surface area (Å²) >= 11 is 0. The summed E-state index contributed by atoms with van der Waals surface area (Å²) < 4.78 is 5.61. The number of rotatable bonds is 4. The fourth-order valence-electron chi connectivity index (χ4n) is 1.44. The molecule has 0 atom stereocenters. The quantitative estimate of drug-likeness (QED) is 0.828. The van der Waals surface area contributed by atoms with Crippen molar-refractivity contribution in [1.82, 2.24) is 0 Å². The number of hydrogen-bond acceptors (Lipinski definition) is 3. The summed E-state index contributed by atoms with van der Waals surface area (Å²) in [6.07, 6.45) is 0. The van der Waals surface area contributed by atoms with E-state index in [2.05, 4.69) is 24.3 Å². The summed E-state index contributed by atoms with van der Waals surface area (Å²) in [5.41, 5.74) is 2.43. The van der Waals surface area contributed by atoms with Crippen LogP contribution in [-0.4, -0.2) is 11.6 Å². The van der Waals surface area contributed by atoms with Crippen LogP contribution in [0.15, 0.2) is 60.7 Å². The maximum absolute atomic E-state index is 9.44. The van der Waals surface area contributed by atoms with E-state index >= 15 is 0 Å². The molecule has 2 aromatic rings. The van der Waals surface area contributed by atoms with E-state index in [-0.39, 0.29) is 11.6 Å². The average molecular weight is 314 g/mol. The summed E-state index contributed by atoms with van der Waals surface area (Å²) in [7, 11) is 0. The molecule has 0 aromatic heterocycles. The lowest BCUT2D eigenvalue weighted by Crippen LogP contribution is -1.93. The zero-order valence-electron chi connectivity index (χ0n) is 14.4. The molecule has 124 valence electrons. The van der Waals surface area contributed by atoms with Gasteiger partial charge in [-0.25, -0.2) is 0 Å². The summed E-state index contributed by atoms with van der Waals surface area (Å²) in [6.45, 7) is 7.46. The van der Waals surface area contributed by atoms with Gasteiger partial charge in [0.25, 0.3) is 0 Å². The highest BCUT2D eigenvalue weighted by molar-refractivity contribution is 5.72. The molecular weight excluding hydrogens is 288 g/mol. The van der Waals surface area contributed by atoms with Crippen molar-refractivity contribution in [2.45, 2.75) is 40.9 Å². The van der Waals surface area contributed by atoms with Crippen molar-refractivity contribution in [2.75, 3.05) is 0 Å². The largest absolute Gasteiger partial charge is 0.372 e. The Kier molecular flexibility index (Phi) is 12.1. The van der Waals surface area contributed by atoms with E-state index in [0.29, 0.717) is 13.2 Å². The lowest BCUT2D eigenvalue weighted by Gasteiger charge is -2.03. The minimum atomic E-state index is 0.167. The van der Waals surface area contributed by atoms with Gasteiger partial charge in [-0.1, -0.05) is 60.7 Å². The van der Waals surface area contributed by atoms with Gasteiger partial charge in [0.15, 0.2) is 0 Å². The van der Waals surface area contributed by atoms with E-state index in [1.165, 1.54) is 38.8 Å². The Hall–Kier alpha value is -2.26. The van der Waals surface area contributed by atoms with Crippen LogP contribution < -0.4 is 0 Å². The van der Waals surface area contributed by atoms with Crippen LogP contribution in [0.25, 0.3) is 0 Å². The maximum Gasteiger partial charge on any atom is 0.126 e. The van der Waals surface area contributed by atoms with Gasteiger partial charge in [-0.3, -0.25) is 0 Å². The molecule has 0 amide bonds. The molecule has 23 heavy (non-hydrogen) atoms. The second kappa shape index (κ2) is 13.4. The molecule has 0 unspecified atom stereocenters. The maximum atomic E-state index is 9.44. The molecule has 0 aliphatic heterocycles. The first kappa shape index (κ1) is 20.7. The lowest BCUT2D eigenvalue weighted by atomic mass is 10.2. The number of hydrogen-bond donors (Lipinski definition) is 0. The topological polar surface area (TPSA) is 43.4 Å². The van der Waals surface area contributed by atoms with Gasteiger partial charge in [0.1, 0.15) is 11.6 Å². The monoisotopic (exact) mass is 314 g/mol. The van der Waals surface area contributed by atoms with E-state index < -0.39 is 0 Å². The van der Waals surface area contributed by atoms with Gasteiger partial charge >= 0.3 is 0 Å². The smallest absolute Gasteiger partial charge is 0.126 e. The summed E-state index contributed by atoms with van der Waals surface area (Å²) in [4.78, 5) is 18.9.